The summed E-state index contributed by atoms with van der Waals surface area (Å²) in [6, 6.07) is 23.7. The zero-order valence-electron chi connectivity index (χ0n) is 27.5. The van der Waals surface area contributed by atoms with Crippen molar-refractivity contribution in [1.29, 1.82) is 0 Å². The van der Waals surface area contributed by atoms with E-state index in [2.05, 4.69) is 133 Å². The normalized spacial score (nSPS) is 20.6. The lowest BCUT2D eigenvalue weighted by Gasteiger charge is -2.35. The molecule has 1 aliphatic heterocycles. The molecule has 2 nitrogen and oxygen atoms in total. The Hall–Kier alpha value is -4.14. The Bertz CT molecular complexity index is 1940. The molecule has 0 radical (unpaired) electrons. The van der Waals surface area contributed by atoms with Crippen LogP contribution in [-0.2, 0) is 6.42 Å². The molecule has 232 valence electrons. The molecule has 0 N–H and O–H groups in total. The van der Waals surface area contributed by atoms with Crippen molar-refractivity contribution < 1.29 is 0 Å². The highest BCUT2D eigenvalue weighted by Gasteiger charge is 2.30. The van der Waals surface area contributed by atoms with Crippen LogP contribution in [0, 0.1) is 5.92 Å². The number of nitrogens with zero attached hydrogens (tertiary/aromatic N) is 2. The van der Waals surface area contributed by atoms with E-state index in [-0.39, 0.29) is 0 Å². The lowest BCUT2D eigenvalue weighted by Crippen LogP contribution is -2.37. The van der Waals surface area contributed by atoms with Crippen LogP contribution >= 0.6 is 0 Å². The molecular weight excluding hydrogens is 556 g/mol. The highest BCUT2D eigenvalue weighted by molar-refractivity contribution is 6.12. The third-order valence-corrected chi connectivity index (χ3v) is 10.9. The van der Waals surface area contributed by atoms with Crippen molar-refractivity contribution in [3.63, 3.8) is 0 Å². The minimum absolute atomic E-state index is 0.405. The van der Waals surface area contributed by atoms with E-state index in [4.69, 9.17) is 0 Å². The molecule has 0 saturated carbocycles. The molecule has 2 atom stereocenters. The zero-order chi connectivity index (χ0) is 31.0. The van der Waals surface area contributed by atoms with Crippen molar-refractivity contribution in [3.8, 4) is 11.1 Å². The van der Waals surface area contributed by atoms with Crippen LogP contribution in [0.25, 0.3) is 44.3 Å². The molecular formula is C44H46N2. The summed E-state index contributed by atoms with van der Waals surface area (Å²) in [5, 5.41) is 5.46. The lowest BCUT2D eigenvalue weighted by molar-refractivity contribution is 0.239. The van der Waals surface area contributed by atoms with Gasteiger partial charge in [-0.2, -0.15) is 0 Å². The Morgan fingerprint density at radius 3 is 2.50 bits per heavy atom. The first-order valence-corrected chi connectivity index (χ1v) is 17.8. The summed E-state index contributed by atoms with van der Waals surface area (Å²) in [6.07, 6.45) is 26.1. The molecule has 1 saturated heterocycles. The molecule has 2 unspecified atom stereocenters. The van der Waals surface area contributed by atoms with Gasteiger partial charge in [-0.1, -0.05) is 111 Å². The molecule has 1 heterocycles. The van der Waals surface area contributed by atoms with Crippen LogP contribution in [0.4, 0.5) is 5.69 Å². The molecule has 0 spiro atoms. The van der Waals surface area contributed by atoms with Gasteiger partial charge in [-0.15, -0.1) is 0 Å². The maximum absolute atomic E-state index is 2.67. The standard InChI is InChI=1S/C44H46N2/c1-3-25-45(4-2)35-21-23-39-42(29-35)44(38-18-12-16-32-14-8-9-17-37(32)38)40-24-22-36(46-26-10-5-11-27-46)30-41(40)43(39)34-20-19-31-13-6-7-15-33(31)28-34/h6-9,12-24,30,33,35H,3-5,10-11,25-29H2,1-2H3. The Morgan fingerprint density at radius 2 is 1.63 bits per heavy atom. The van der Waals surface area contributed by atoms with Gasteiger partial charge in [-0.05, 0) is 124 Å². The van der Waals surface area contributed by atoms with Gasteiger partial charge < -0.3 is 4.90 Å². The van der Waals surface area contributed by atoms with E-state index >= 15 is 0 Å². The van der Waals surface area contributed by atoms with Crippen molar-refractivity contribution in [2.24, 2.45) is 5.92 Å². The van der Waals surface area contributed by atoms with Gasteiger partial charge in [-0.3, -0.25) is 4.90 Å². The summed E-state index contributed by atoms with van der Waals surface area (Å²) in [5.74, 6) is 0.444. The number of piperidine rings is 1. The molecule has 2 heteroatoms. The second kappa shape index (κ2) is 12.6. The first-order valence-electron chi connectivity index (χ1n) is 17.8. The third kappa shape index (κ3) is 5.17. The fourth-order valence-corrected chi connectivity index (χ4v) is 8.62. The summed E-state index contributed by atoms with van der Waals surface area (Å²) in [4.78, 5) is 5.30. The second-order valence-corrected chi connectivity index (χ2v) is 13.6. The molecule has 3 aliphatic carbocycles. The maximum atomic E-state index is 2.67. The molecule has 0 amide bonds. The number of fused-ring (bicyclic) bond motifs is 4. The minimum atomic E-state index is 0.405. The van der Waals surface area contributed by atoms with Gasteiger partial charge >= 0.3 is 0 Å². The molecule has 0 bridgehead atoms. The van der Waals surface area contributed by atoms with Gasteiger partial charge in [0.05, 0.1) is 0 Å². The van der Waals surface area contributed by atoms with Crippen molar-refractivity contribution in [1.82, 2.24) is 4.90 Å². The zero-order valence-corrected chi connectivity index (χ0v) is 27.5. The topological polar surface area (TPSA) is 6.48 Å². The second-order valence-electron chi connectivity index (χ2n) is 13.6. The highest BCUT2D eigenvalue weighted by Crippen LogP contribution is 2.48. The van der Waals surface area contributed by atoms with E-state index in [1.54, 1.807) is 0 Å². The predicted octanol–water partition coefficient (Wildman–Crippen LogP) is 10.8. The van der Waals surface area contributed by atoms with Crippen molar-refractivity contribution in [3.05, 3.63) is 125 Å². The SMILES string of the molecule is CCCN(CC)C1C=Cc2c(c(-c3cccc4ccccc34)c3ccc(N4CCCCC4)cc3c2C2=CC=C3C=CC=CC3C2)C1. The van der Waals surface area contributed by atoms with Gasteiger partial charge in [0.25, 0.3) is 0 Å². The number of hydrogen-bond acceptors (Lipinski definition) is 2. The number of rotatable bonds is 7. The molecule has 8 rings (SSSR count). The summed E-state index contributed by atoms with van der Waals surface area (Å²) >= 11 is 0. The van der Waals surface area contributed by atoms with Crippen LogP contribution in [0.3, 0.4) is 0 Å². The van der Waals surface area contributed by atoms with Gasteiger partial charge in [0.15, 0.2) is 0 Å². The highest BCUT2D eigenvalue weighted by atomic mass is 15.1. The summed E-state index contributed by atoms with van der Waals surface area (Å²) in [5.41, 5.74) is 11.5. The van der Waals surface area contributed by atoms with Crippen LogP contribution in [0.15, 0.2) is 109 Å². The first-order chi connectivity index (χ1) is 22.7. The Balaban J connectivity index is 1.43. The molecule has 0 aromatic heterocycles. The van der Waals surface area contributed by atoms with Gasteiger partial charge in [0.2, 0.25) is 0 Å². The van der Waals surface area contributed by atoms with Crippen molar-refractivity contribution >= 4 is 38.9 Å². The first kappa shape index (κ1) is 29.3. The Kier molecular flexibility index (Phi) is 8.00. The van der Waals surface area contributed by atoms with Gasteiger partial charge in [0.1, 0.15) is 0 Å². The van der Waals surface area contributed by atoms with Crippen LogP contribution in [0.1, 0.15) is 62.6 Å². The van der Waals surface area contributed by atoms with Crippen LogP contribution in [-0.4, -0.2) is 37.1 Å². The lowest BCUT2D eigenvalue weighted by atomic mass is 9.75. The van der Waals surface area contributed by atoms with Crippen LogP contribution < -0.4 is 4.90 Å². The number of hydrogen-bond donors (Lipinski definition) is 0. The third-order valence-electron chi connectivity index (χ3n) is 10.9. The average Bonchev–Trinajstić information content (AvgIpc) is 3.12. The molecule has 4 aliphatic rings. The molecule has 4 aromatic carbocycles. The average molecular weight is 603 g/mol. The van der Waals surface area contributed by atoms with E-state index in [9.17, 15) is 0 Å². The fourth-order valence-electron chi connectivity index (χ4n) is 8.62. The Morgan fingerprint density at radius 1 is 0.761 bits per heavy atom. The monoisotopic (exact) mass is 602 g/mol. The predicted molar refractivity (Wildman–Crippen MR) is 199 cm³/mol. The van der Waals surface area contributed by atoms with E-state index < -0.39 is 0 Å². The van der Waals surface area contributed by atoms with Crippen LogP contribution in [0.2, 0.25) is 0 Å². The van der Waals surface area contributed by atoms with Gasteiger partial charge in [-0.25, -0.2) is 0 Å². The van der Waals surface area contributed by atoms with E-state index in [1.165, 1.54) is 91.9 Å². The quantitative estimate of drug-likeness (QED) is 0.208. The van der Waals surface area contributed by atoms with Crippen LogP contribution in [0.5, 0.6) is 0 Å². The van der Waals surface area contributed by atoms with E-state index in [0.29, 0.717) is 12.0 Å². The van der Waals surface area contributed by atoms with Crippen molar-refractivity contribution in [2.45, 2.75) is 58.4 Å². The molecule has 1 fully saturated rings. The number of anilines is 1. The summed E-state index contributed by atoms with van der Waals surface area (Å²) in [7, 11) is 0. The van der Waals surface area contributed by atoms with E-state index in [0.717, 1.165) is 39.0 Å². The Labute approximate surface area is 275 Å². The fraction of sp³-hybridized carbons (Fsp3) is 0.318. The number of benzene rings is 4. The minimum Gasteiger partial charge on any atom is -0.372 e. The van der Waals surface area contributed by atoms with Gasteiger partial charge in [0, 0.05) is 30.7 Å². The molecule has 46 heavy (non-hydrogen) atoms. The maximum Gasteiger partial charge on any atom is 0.0372 e. The van der Waals surface area contributed by atoms with E-state index in [1.807, 2.05) is 0 Å². The molecule has 4 aromatic rings. The number of likely N-dealkylation sites (N-methyl/N-ethyl adjacent to an activating group) is 1. The summed E-state index contributed by atoms with van der Waals surface area (Å²) in [6.45, 7) is 9.14. The van der Waals surface area contributed by atoms with Crippen molar-refractivity contribution in [2.75, 3.05) is 31.1 Å². The smallest absolute Gasteiger partial charge is 0.0372 e. The summed E-state index contributed by atoms with van der Waals surface area (Å²) < 4.78 is 0. The number of allylic oxidation sites excluding steroid dienone is 8. The largest absolute Gasteiger partial charge is 0.372 e.